The zero-order valence-electron chi connectivity index (χ0n) is 8.56. The SMILES string of the molecule is C#CC(=C)CC(O)/C=C/c1ccccc1. The second-order valence-corrected chi connectivity index (χ2v) is 3.29. The highest BCUT2D eigenvalue weighted by Crippen LogP contribution is 2.06. The van der Waals surface area contributed by atoms with Crippen molar-refractivity contribution in [3.63, 3.8) is 0 Å². The number of rotatable bonds is 4. The van der Waals surface area contributed by atoms with Crippen LogP contribution in [0.1, 0.15) is 12.0 Å². The molecule has 76 valence electrons. The summed E-state index contributed by atoms with van der Waals surface area (Å²) in [7, 11) is 0. The van der Waals surface area contributed by atoms with Gasteiger partial charge in [-0.2, -0.15) is 0 Å². The maximum atomic E-state index is 9.57. The van der Waals surface area contributed by atoms with Gasteiger partial charge in [-0.3, -0.25) is 0 Å². The summed E-state index contributed by atoms with van der Waals surface area (Å²) in [4.78, 5) is 0. The van der Waals surface area contributed by atoms with Crippen LogP contribution in [-0.2, 0) is 0 Å². The molecule has 0 bridgehead atoms. The van der Waals surface area contributed by atoms with Gasteiger partial charge in [0.25, 0.3) is 0 Å². The van der Waals surface area contributed by atoms with E-state index < -0.39 is 6.10 Å². The molecule has 0 aromatic heterocycles. The summed E-state index contributed by atoms with van der Waals surface area (Å²) in [5, 5.41) is 9.57. The van der Waals surface area contributed by atoms with Crippen molar-refractivity contribution in [1.29, 1.82) is 0 Å². The molecule has 1 atom stereocenters. The van der Waals surface area contributed by atoms with Crippen LogP contribution in [0.25, 0.3) is 6.08 Å². The molecule has 0 saturated heterocycles. The van der Waals surface area contributed by atoms with E-state index in [1.807, 2.05) is 36.4 Å². The summed E-state index contributed by atoms with van der Waals surface area (Å²) < 4.78 is 0. The molecule has 15 heavy (non-hydrogen) atoms. The minimum Gasteiger partial charge on any atom is -0.389 e. The molecule has 1 nitrogen and oxygen atoms in total. The molecule has 0 amide bonds. The third-order valence-corrected chi connectivity index (χ3v) is 1.97. The first-order valence-electron chi connectivity index (χ1n) is 4.78. The summed E-state index contributed by atoms with van der Waals surface area (Å²) in [6, 6.07) is 9.80. The predicted molar refractivity (Wildman–Crippen MR) is 64.1 cm³/mol. The molecular weight excluding hydrogens is 184 g/mol. The number of aliphatic hydroxyl groups excluding tert-OH is 1. The topological polar surface area (TPSA) is 20.2 Å². The van der Waals surface area contributed by atoms with Crippen LogP contribution in [0.5, 0.6) is 0 Å². The van der Waals surface area contributed by atoms with Crippen molar-refractivity contribution < 1.29 is 5.11 Å². The molecule has 1 heteroatoms. The lowest BCUT2D eigenvalue weighted by Crippen LogP contribution is -2.01. The molecule has 0 spiro atoms. The third kappa shape index (κ3) is 4.30. The Kier molecular flexibility index (Phi) is 4.40. The molecular formula is C14H14O. The smallest absolute Gasteiger partial charge is 0.0770 e. The highest BCUT2D eigenvalue weighted by Gasteiger charge is 1.99. The minimum absolute atomic E-state index is 0.417. The fourth-order valence-corrected chi connectivity index (χ4v) is 1.17. The predicted octanol–water partition coefficient (Wildman–Crippen LogP) is 2.64. The Morgan fingerprint density at radius 3 is 2.73 bits per heavy atom. The van der Waals surface area contributed by atoms with Gasteiger partial charge in [0.2, 0.25) is 0 Å². The molecule has 0 aliphatic heterocycles. The van der Waals surface area contributed by atoms with Crippen LogP contribution in [0.3, 0.4) is 0 Å². The van der Waals surface area contributed by atoms with Crippen LogP contribution in [0.4, 0.5) is 0 Å². The number of benzene rings is 1. The minimum atomic E-state index is -0.561. The van der Waals surface area contributed by atoms with Crippen molar-refractivity contribution in [3.8, 4) is 12.3 Å². The van der Waals surface area contributed by atoms with Crippen molar-refractivity contribution in [3.05, 3.63) is 54.1 Å². The quantitative estimate of drug-likeness (QED) is 0.737. The molecule has 0 aliphatic rings. The van der Waals surface area contributed by atoms with E-state index in [4.69, 9.17) is 6.42 Å². The first-order valence-corrected chi connectivity index (χ1v) is 4.78. The van der Waals surface area contributed by atoms with Crippen LogP contribution in [0.2, 0.25) is 0 Å². The highest BCUT2D eigenvalue weighted by atomic mass is 16.3. The average Bonchev–Trinajstić information content (AvgIpc) is 2.27. The van der Waals surface area contributed by atoms with Gasteiger partial charge in [-0.1, -0.05) is 55.0 Å². The first-order chi connectivity index (χ1) is 7.22. The van der Waals surface area contributed by atoms with Crippen LogP contribution < -0.4 is 0 Å². The molecule has 1 rings (SSSR count). The van der Waals surface area contributed by atoms with E-state index >= 15 is 0 Å². The van der Waals surface area contributed by atoms with E-state index in [-0.39, 0.29) is 0 Å². The van der Waals surface area contributed by atoms with Gasteiger partial charge >= 0.3 is 0 Å². The Bertz CT molecular complexity index is 382. The lowest BCUT2D eigenvalue weighted by molar-refractivity contribution is 0.226. The zero-order chi connectivity index (χ0) is 11.1. The number of terminal acetylenes is 1. The maximum Gasteiger partial charge on any atom is 0.0770 e. The fourth-order valence-electron chi connectivity index (χ4n) is 1.17. The second kappa shape index (κ2) is 5.85. The normalized spacial score (nSPS) is 12.3. The Morgan fingerprint density at radius 1 is 1.47 bits per heavy atom. The summed E-state index contributed by atoms with van der Waals surface area (Å²) >= 11 is 0. The number of hydrogen-bond donors (Lipinski definition) is 1. The standard InChI is InChI=1S/C14H14O/c1-3-12(2)11-14(15)10-9-13-7-5-4-6-8-13/h1,4-10,14-15H,2,11H2/b10-9+. The summed E-state index contributed by atoms with van der Waals surface area (Å²) in [5.41, 5.74) is 1.67. The Labute approximate surface area is 90.8 Å². The van der Waals surface area contributed by atoms with E-state index in [2.05, 4.69) is 12.5 Å². The zero-order valence-corrected chi connectivity index (χ0v) is 8.56. The Balaban J connectivity index is 2.52. The number of hydrogen-bond acceptors (Lipinski definition) is 1. The fraction of sp³-hybridized carbons (Fsp3) is 0.143. The van der Waals surface area contributed by atoms with Crippen LogP contribution in [-0.4, -0.2) is 11.2 Å². The molecule has 0 aliphatic carbocycles. The van der Waals surface area contributed by atoms with Crippen molar-refractivity contribution in [2.24, 2.45) is 0 Å². The monoisotopic (exact) mass is 198 g/mol. The molecule has 1 aromatic rings. The largest absolute Gasteiger partial charge is 0.389 e. The van der Waals surface area contributed by atoms with Gasteiger partial charge in [0.05, 0.1) is 6.10 Å². The summed E-state index contributed by atoms with van der Waals surface area (Å²) in [6.07, 6.45) is 8.59. The lowest BCUT2D eigenvalue weighted by Gasteiger charge is -2.03. The van der Waals surface area contributed by atoms with Crippen LogP contribution in [0.15, 0.2) is 48.6 Å². The molecule has 0 saturated carbocycles. The third-order valence-electron chi connectivity index (χ3n) is 1.97. The van der Waals surface area contributed by atoms with Gasteiger partial charge in [0.1, 0.15) is 0 Å². The van der Waals surface area contributed by atoms with Gasteiger partial charge in [-0.05, 0) is 11.1 Å². The maximum absolute atomic E-state index is 9.57. The average molecular weight is 198 g/mol. The van der Waals surface area contributed by atoms with E-state index in [9.17, 15) is 5.11 Å². The van der Waals surface area contributed by atoms with E-state index in [1.165, 1.54) is 0 Å². The van der Waals surface area contributed by atoms with Gasteiger partial charge in [-0.25, -0.2) is 0 Å². The van der Waals surface area contributed by atoms with E-state index in [0.29, 0.717) is 12.0 Å². The van der Waals surface area contributed by atoms with Gasteiger partial charge in [0, 0.05) is 6.42 Å². The van der Waals surface area contributed by atoms with Crippen molar-refractivity contribution >= 4 is 6.08 Å². The molecule has 1 N–H and O–H groups in total. The van der Waals surface area contributed by atoms with Crippen molar-refractivity contribution in [2.75, 3.05) is 0 Å². The molecule has 0 fully saturated rings. The summed E-state index contributed by atoms with van der Waals surface area (Å²) in [6.45, 7) is 3.64. The first kappa shape index (κ1) is 11.3. The van der Waals surface area contributed by atoms with Crippen molar-refractivity contribution in [1.82, 2.24) is 0 Å². The highest BCUT2D eigenvalue weighted by molar-refractivity contribution is 5.49. The van der Waals surface area contributed by atoms with E-state index in [1.54, 1.807) is 6.08 Å². The van der Waals surface area contributed by atoms with Crippen molar-refractivity contribution in [2.45, 2.75) is 12.5 Å². The second-order valence-electron chi connectivity index (χ2n) is 3.29. The Morgan fingerprint density at radius 2 is 2.13 bits per heavy atom. The molecule has 1 aromatic carbocycles. The molecule has 0 heterocycles. The van der Waals surface area contributed by atoms with Gasteiger partial charge in [0.15, 0.2) is 0 Å². The van der Waals surface area contributed by atoms with Crippen LogP contribution >= 0.6 is 0 Å². The Hall–Kier alpha value is -1.78. The molecule has 0 radical (unpaired) electrons. The van der Waals surface area contributed by atoms with Gasteiger partial charge in [-0.15, -0.1) is 6.42 Å². The molecule has 1 unspecified atom stereocenters. The van der Waals surface area contributed by atoms with Crippen LogP contribution in [0, 0.1) is 12.3 Å². The lowest BCUT2D eigenvalue weighted by atomic mass is 10.1. The van der Waals surface area contributed by atoms with E-state index in [0.717, 1.165) is 5.56 Å². The number of aliphatic hydroxyl groups is 1. The van der Waals surface area contributed by atoms with Gasteiger partial charge < -0.3 is 5.11 Å². The summed E-state index contributed by atoms with van der Waals surface area (Å²) in [5.74, 6) is 2.41.